The lowest BCUT2D eigenvalue weighted by molar-refractivity contribution is 0.0696. The molecule has 0 saturated carbocycles. The molecular weight excluding hydrogens is 394 g/mol. The van der Waals surface area contributed by atoms with Crippen molar-refractivity contribution in [2.24, 2.45) is 0 Å². The molecule has 6 nitrogen and oxygen atoms in total. The first-order chi connectivity index (χ1) is 15.1. The van der Waals surface area contributed by atoms with Crippen LogP contribution in [0, 0.1) is 0 Å². The Morgan fingerprint density at radius 3 is 2.23 bits per heavy atom. The summed E-state index contributed by atoms with van der Waals surface area (Å²) in [6, 6.07) is 20.6. The first kappa shape index (κ1) is 20.5. The van der Waals surface area contributed by atoms with E-state index in [1.165, 1.54) is 18.2 Å². The van der Waals surface area contributed by atoms with Crippen LogP contribution in [0.5, 0.6) is 5.75 Å². The van der Waals surface area contributed by atoms with E-state index in [0.29, 0.717) is 12.4 Å². The van der Waals surface area contributed by atoms with E-state index in [0.717, 1.165) is 28.7 Å². The summed E-state index contributed by atoms with van der Waals surface area (Å²) < 4.78 is 11.2. The van der Waals surface area contributed by atoms with E-state index in [-0.39, 0.29) is 23.8 Å². The Bertz CT molecular complexity index is 1080. The van der Waals surface area contributed by atoms with Crippen LogP contribution in [0.4, 0.5) is 10.5 Å². The lowest BCUT2D eigenvalue weighted by Gasteiger charge is -2.16. The quantitative estimate of drug-likeness (QED) is 0.528. The lowest BCUT2D eigenvalue weighted by Crippen LogP contribution is -2.18. The lowest BCUT2D eigenvalue weighted by atomic mass is 9.98. The maximum Gasteiger partial charge on any atom is 0.411 e. The van der Waals surface area contributed by atoms with Crippen molar-refractivity contribution in [2.45, 2.75) is 19.3 Å². The molecule has 0 heterocycles. The zero-order valence-electron chi connectivity index (χ0n) is 17.1. The molecule has 158 valence electrons. The fraction of sp³-hybridized carbons (Fsp3) is 0.200. The second-order valence-corrected chi connectivity index (χ2v) is 7.32. The number of carbonyl (C=O) groups excluding carboxylic acids is 1. The van der Waals surface area contributed by atoms with Gasteiger partial charge in [-0.05, 0) is 46.9 Å². The third-order valence-electron chi connectivity index (χ3n) is 5.27. The number of carboxylic acids is 1. The second kappa shape index (κ2) is 8.92. The second-order valence-electron chi connectivity index (χ2n) is 7.32. The highest BCUT2D eigenvalue weighted by Gasteiger charge is 2.29. The van der Waals surface area contributed by atoms with Crippen LogP contribution >= 0.6 is 0 Å². The molecule has 0 fully saturated rings. The number of carboxylic acid groups (broad SMARTS) is 1. The Kier molecular flexibility index (Phi) is 5.89. The average Bonchev–Trinajstić information content (AvgIpc) is 3.10. The molecule has 1 aliphatic rings. The highest BCUT2D eigenvalue weighted by Crippen LogP contribution is 2.44. The standard InChI is InChI=1S/C25H23NO5/c1-2-13-30-23-12-11-16(24(27)28)14-22(23)26-25(29)31-15-21-19-9-5-3-7-17(19)18-8-4-6-10-20(18)21/h3-12,14,21H,2,13,15H2,1H3,(H,26,29)(H,27,28). The van der Waals surface area contributed by atoms with Gasteiger partial charge in [0.2, 0.25) is 0 Å². The van der Waals surface area contributed by atoms with Gasteiger partial charge in [0, 0.05) is 5.92 Å². The van der Waals surface area contributed by atoms with E-state index in [2.05, 4.69) is 17.4 Å². The highest BCUT2D eigenvalue weighted by molar-refractivity contribution is 5.93. The Morgan fingerprint density at radius 1 is 0.968 bits per heavy atom. The molecule has 0 radical (unpaired) electrons. The number of benzene rings is 3. The molecule has 3 aromatic rings. The van der Waals surface area contributed by atoms with Crippen LogP contribution in [0.25, 0.3) is 11.1 Å². The predicted octanol–water partition coefficient (Wildman–Crippen LogP) is 5.53. The SMILES string of the molecule is CCCOc1ccc(C(=O)O)cc1NC(=O)OCC1c2ccccc2-c2ccccc21. The van der Waals surface area contributed by atoms with E-state index >= 15 is 0 Å². The van der Waals surface area contributed by atoms with E-state index in [4.69, 9.17) is 9.47 Å². The molecule has 0 aromatic heterocycles. The van der Waals surface area contributed by atoms with E-state index in [1.807, 2.05) is 43.3 Å². The van der Waals surface area contributed by atoms with Crippen molar-refractivity contribution in [1.29, 1.82) is 0 Å². The maximum absolute atomic E-state index is 12.6. The van der Waals surface area contributed by atoms with Crippen LogP contribution in [0.2, 0.25) is 0 Å². The summed E-state index contributed by atoms with van der Waals surface area (Å²) in [6.07, 6.45) is 0.121. The smallest absolute Gasteiger partial charge is 0.411 e. The average molecular weight is 417 g/mol. The minimum Gasteiger partial charge on any atom is -0.491 e. The maximum atomic E-state index is 12.6. The van der Waals surface area contributed by atoms with Gasteiger partial charge in [0.1, 0.15) is 12.4 Å². The molecular formula is C25H23NO5. The number of nitrogens with one attached hydrogen (secondary N) is 1. The minimum atomic E-state index is -1.09. The first-order valence-corrected chi connectivity index (χ1v) is 10.2. The van der Waals surface area contributed by atoms with Gasteiger partial charge >= 0.3 is 12.1 Å². The van der Waals surface area contributed by atoms with Gasteiger partial charge in [0.25, 0.3) is 0 Å². The van der Waals surface area contributed by atoms with Crippen LogP contribution in [0.3, 0.4) is 0 Å². The van der Waals surface area contributed by atoms with E-state index in [1.54, 1.807) is 0 Å². The number of aromatic carboxylic acids is 1. The normalized spacial score (nSPS) is 12.0. The van der Waals surface area contributed by atoms with Crippen LogP contribution < -0.4 is 10.1 Å². The summed E-state index contributed by atoms with van der Waals surface area (Å²) in [6.45, 7) is 2.58. The number of rotatable bonds is 7. The molecule has 2 N–H and O–H groups in total. The summed E-state index contributed by atoms with van der Waals surface area (Å²) in [5.41, 5.74) is 4.86. The monoisotopic (exact) mass is 417 g/mol. The number of amides is 1. The van der Waals surface area contributed by atoms with Crippen LogP contribution in [0.15, 0.2) is 66.7 Å². The summed E-state index contributed by atoms with van der Waals surface area (Å²) in [5, 5.41) is 11.9. The largest absolute Gasteiger partial charge is 0.491 e. The van der Waals surface area contributed by atoms with Gasteiger partial charge in [-0.25, -0.2) is 9.59 Å². The number of fused-ring (bicyclic) bond motifs is 3. The van der Waals surface area contributed by atoms with Crippen molar-refractivity contribution < 1.29 is 24.2 Å². The van der Waals surface area contributed by atoms with E-state index < -0.39 is 12.1 Å². The number of carbonyl (C=O) groups is 2. The Hall–Kier alpha value is -3.80. The minimum absolute atomic E-state index is 0.0535. The predicted molar refractivity (Wildman–Crippen MR) is 118 cm³/mol. The first-order valence-electron chi connectivity index (χ1n) is 10.2. The number of hydrogen-bond acceptors (Lipinski definition) is 4. The van der Waals surface area contributed by atoms with Crippen LogP contribution in [-0.2, 0) is 4.74 Å². The van der Waals surface area contributed by atoms with Crippen molar-refractivity contribution in [3.05, 3.63) is 83.4 Å². The van der Waals surface area contributed by atoms with Gasteiger partial charge in [-0.2, -0.15) is 0 Å². The summed E-state index contributed by atoms with van der Waals surface area (Å²) in [5.74, 6) is -0.739. The zero-order chi connectivity index (χ0) is 21.8. The molecule has 6 heteroatoms. The molecule has 0 saturated heterocycles. The van der Waals surface area contributed by atoms with Crippen molar-refractivity contribution in [3.63, 3.8) is 0 Å². The molecule has 0 unspecified atom stereocenters. The summed E-state index contributed by atoms with van der Waals surface area (Å²) >= 11 is 0. The molecule has 0 bridgehead atoms. The third-order valence-corrected chi connectivity index (χ3v) is 5.27. The van der Waals surface area contributed by atoms with Gasteiger partial charge in [-0.3, -0.25) is 5.32 Å². The number of hydrogen-bond donors (Lipinski definition) is 2. The van der Waals surface area contributed by atoms with Crippen LogP contribution in [-0.4, -0.2) is 30.4 Å². The van der Waals surface area contributed by atoms with Gasteiger partial charge in [0.15, 0.2) is 0 Å². The van der Waals surface area contributed by atoms with Gasteiger partial charge < -0.3 is 14.6 Å². The van der Waals surface area contributed by atoms with Crippen molar-refractivity contribution in [3.8, 4) is 16.9 Å². The third kappa shape index (κ3) is 4.23. The zero-order valence-corrected chi connectivity index (χ0v) is 17.1. The fourth-order valence-corrected chi connectivity index (χ4v) is 3.84. The number of ether oxygens (including phenoxy) is 2. The van der Waals surface area contributed by atoms with E-state index in [9.17, 15) is 14.7 Å². The van der Waals surface area contributed by atoms with Crippen molar-refractivity contribution >= 4 is 17.7 Å². The number of anilines is 1. The van der Waals surface area contributed by atoms with Crippen LogP contribution in [0.1, 0.15) is 40.7 Å². The Labute approximate surface area is 180 Å². The topological polar surface area (TPSA) is 84.9 Å². The van der Waals surface area contributed by atoms with Crippen molar-refractivity contribution in [1.82, 2.24) is 0 Å². The Morgan fingerprint density at radius 2 is 1.61 bits per heavy atom. The molecule has 1 amide bonds. The molecule has 3 aromatic carbocycles. The summed E-state index contributed by atoms with van der Waals surface area (Å²) in [4.78, 5) is 23.9. The van der Waals surface area contributed by atoms with Gasteiger partial charge in [-0.15, -0.1) is 0 Å². The van der Waals surface area contributed by atoms with Gasteiger partial charge in [0.05, 0.1) is 17.9 Å². The highest BCUT2D eigenvalue weighted by atomic mass is 16.5. The molecule has 1 aliphatic carbocycles. The molecule has 31 heavy (non-hydrogen) atoms. The van der Waals surface area contributed by atoms with Gasteiger partial charge in [-0.1, -0.05) is 55.5 Å². The molecule has 4 rings (SSSR count). The Balaban J connectivity index is 1.50. The molecule has 0 spiro atoms. The molecule has 0 aliphatic heterocycles. The molecule has 0 atom stereocenters. The van der Waals surface area contributed by atoms with Crippen molar-refractivity contribution in [2.75, 3.05) is 18.5 Å². The summed E-state index contributed by atoms with van der Waals surface area (Å²) in [7, 11) is 0. The fourth-order valence-electron chi connectivity index (χ4n) is 3.84.